The van der Waals surface area contributed by atoms with Crippen LogP contribution in [0.5, 0.6) is 0 Å². The zero-order valence-corrected chi connectivity index (χ0v) is 12.8. The molecule has 0 aromatic rings. The molecule has 128 valence electrons. The van der Waals surface area contributed by atoms with Gasteiger partial charge in [0.2, 0.25) is 5.91 Å². The van der Waals surface area contributed by atoms with Gasteiger partial charge in [-0.25, -0.2) is 0 Å². The largest absolute Gasteiger partial charge is 0.480 e. The van der Waals surface area contributed by atoms with Gasteiger partial charge in [-0.15, -0.1) is 0 Å². The number of carbonyl (C=O) groups excluding carboxylic acids is 1. The highest BCUT2D eigenvalue weighted by molar-refractivity contribution is 5.82. The van der Waals surface area contributed by atoms with E-state index in [4.69, 9.17) is 27.1 Å². The summed E-state index contributed by atoms with van der Waals surface area (Å²) in [6.45, 7) is 3.60. The molecule has 0 saturated heterocycles. The number of amides is 1. The van der Waals surface area contributed by atoms with Crippen LogP contribution in [-0.2, 0) is 14.4 Å². The fraction of sp³-hybridized carbons (Fsp3) is 0.667. The highest BCUT2D eigenvalue weighted by Crippen LogP contribution is 1.92. The normalized spacial score (nSPS) is 10.9. The molecule has 0 aliphatic rings. The predicted octanol–water partition coefficient (Wildman–Crippen LogP) is -1.50. The lowest BCUT2D eigenvalue weighted by Crippen LogP contribution is -2.34. The Kier molecular flexibility index (Phi) is 12.3. The number of carboxylic acid groups (broad SMARTS) is 2. The predicted molar refractivity (Wildman–Crippen MR) is 80.2 cm³/mol. The zero-order valence-electron chi connectivity index (χ0n) is 12.8. The Morgan fingerprint density at radius 2 is 1.73 bits per heavy atom. The molecule has 0 aromatic carbocycles. The van der Waals surface area contributed by atoms with Crippen LogP contribution in [0.3, 0.4) is 0 Å². The van der Waals surface area contributed by atoms with Gasteiger partial charge in [0.1, 0.15) is 12.6 Å². The fourth-order valence-electron chi connectivity index (χ4n) is 1.04. The molecule has 1 atom stereocenters. The summed E-state index contributed by atoms with van der Waals surface area (Å²) in [6, 6.07) is -0.821. The van der Waals surface area contributed by atoms with Gasteiger partial charge in [0.05, 0.1) is 0 Å². The first-order chi connectivity index (χ1) is 10.1. The lowest BCUT2D eigenvalue weighted by molar-refractivity contribution is -0.139. The van der Waals surface area contributed by atoms with E-state index in [1.807, 2.05) is 0 Å². The Morgan fingerprint density at radius 3 is 2.09 bits per heavy atom. The quantitative estimate of drug-likeness (QED) is 0.160. The first kappa shape index (κ1) is 21.9. The number of carbonyl (C=O) groups is 3. The maximum Gasteiger partial charge on any atom is 0.322 e. The highest BCUT2D eigenvalue weighted by atomic mass is 16.4. The highest BCUT2D eigenvalue weighted by Gasteiger charge is 2.09. The molecule has 9 N–H and O–H groups in total. The van der Waals surface area contributed by atoms with Crippen LogP contribution in [0, 0.1) is 11.3 Å². The van der Waals surface area contributed by atoms with Gasteiger partial charge in [-0.05, 0) is 12.8 Å². The maximum atomic E-state index is 10.7. The molecule has 10 heteroatoms. The average molecular weight is 319 g/mol. The van der Waals surface area contributed by atoms with Crippen LogP contribution in [0.15, 0.2) is 0 Å². The molecule has 0 rings (SSSR count). The molecule has 0 heterocycles. The smallest absolute Gasteiger partial charge is 0.322 e. The van der Waals surface area contributed by atoms with Crippen LogP contribution in [0.1, 0.15) is 26.7 Å². The average Bonchev–Trinajstić information content (AvgIpc) is 2.40. The topological polar surface area (TPSA) is 192 Å². The molecule has 0 aliphatic heterocycles. The van der Waals surface area contributed by atoms with Crippen LogP contribution in [0.2, 0.25) is 0 Å². The number of aliphatic carboxylic acids is 2. The lowest BCUT2D eigenvalue weighted by atomic mass is 10.2. The van der Waals surface area contributed by atoms with Gasteiger partial charge in [0.25, 0.3) is 0 Å². The monoisotopic (exact) mass is 319 g/mol. The molecule has 10 nitrogen and oxygen atoms in total. The molecule has 0 aromatic heterocycles. The standard InChI is InChI=1S/C6H14N4O2.C6H11NO3/c7-4(5(11)12)2-1-3-10-6(8)9;1-4(2)6(10)7-3-5(8)9/h4H,1-3,7H2,(H,11,12)(H4,8,9,10);4H,3H2,1-2H3,(H,7,10)(H,8,9)/t4-;/m0./s1. The van der Waals surface area contributed by atoms with Crippen molar-refractivity contribution in [3.63, 3.8) is 0 Å². The molecule has 0 bridgehead atoms. The first-order valence-corrected chi connectivity index (χ1v) is 6.63. The van der Waals surface area contributed by atoms with Crippen LogP contribution >= 0.6 is 0 Å². The second-order valence-electron chi connectivity index (χ2n) is 4.69. The summed E-state index contributed by atoms with van der Waals surface area (Å²) in [6.07, 6.45) is 0.975. The van der Waals surface area contributed by atoms with Gasteiger partial charge in [0.15, 0.2) is 5.96 Å². The molecule has 0 radical (unpaired) electrons. The number of nitrogens with two attached hydrogens (primary N) is 2. The van der Waals surface area contributed by atoms with Crippen molar-refractivity contribution in [3.8, 4) is 0 Å². The van der Waals surface area contributed by atoms with Crippen molar-refractivity contribution in [3.05, 3.63) is 0 Å². The maximum absolute atomic E-state index is 10.7. The van der Waals surface area contributed by atoms with Crippen LogP contribution in [0.25, 0.3) is 0 Å². The van der Waals surface area contributed by atoms with Gasteiger partial charge in [-0.1, -0.05) is 13.8 Å². The fourth-order valence-corrected chi connectivity index (χ4v) is 1.04. The molecular formula is C12H25N5O5. The van der Waals surface area contributed by atoms with E-state index in [1.54, 1.807) is 13.8 Å². The SMILES string of the molecule is CC(C)C(=O)NCC(=O)O.N=C(N)NCCC[C@H](N)C(=O)O. The van der Waals surface area contributed by atoms with E-state index in [9.17, 15) is 14.4 Å². The van der Waals surface area contributed by atoms with Gasteiger partial charge < -0.3 is 32.3 Å². The number of hydrogen-bond donors (Lipinski definition) is 7. The number of carboxylic acids is 2. The number of rotatable bonds is 8. The van der Waals surface area contributed by atoms with Crippen molar-refractivity contribution in [2.24, 2.45) is 17.4 Å². The summed E-state index contributed by atoms with van der Waals surface area (Å²) in [5, 5.41) is 28.1. The van der Waals surface area contributed by atoms with E-state index >= 15 is 0 Å². The third-order valence-electron chi connectivity index (χ3n) is 2.26. The van der Waals surface area contributed by atoms with Crippen molar-refractivity contribution in [2.75, 3.05) is 13.1 Å². The van der Waals surface area contributed by atoms with E-state index in [1.165, 1.54) is 0 Å². The Labute approximate surface area is 128 Å². The van der Waals surface area contributed by atoms with Gasteiger partial charge in [-0.3, -0.25) is 19.8 Å². The number of guanidine groups is 1. The van der Waals surface area contributed by atoms with Crippen molar-refractivity contribution in [1.82, 2.24) is 10.6 Å². The molecule has 22 heavy (non-hydrogen) atoms. The van der Waals surface area contributed by atoms with Crippen LogP contribution < -0.4 is 22.1 Å². The second-order valence-corrected chi connectivity index (χ2v) is 4.69. The molecule has 1 amide bonds. The minimum atomic E-state index is -1.02. The summed E-state index contributed by atoms with van der Waals surface area (Å²) in [7, 11) is 0. The molecule has 0 aliphatic carbocycles. The molecule has 0 unspecified atom stereocenters. The van der Waals surface area contributed by atoms with Gasteiger partial charge >= 0.3 is 11.9 Å². The van der Waals surface area contributed by atoms with E-state index in [2.05, 4.69) is 10.6 Å². The van der Waals surface area contributed by atoms with Gasteiger partial charge in [-0.2, -0.15) is 0 Å². The lowest BCUT2D eigenvalue weighted by Gasteiger charge is -2.06. The summed E-state index contributed by atoms with van der Waals surface area (Å²) < 4.78 is 0. The Morgan fingerprint density at radius 1 is 1.18 bits per heavy atom. The first-order valence-electron chi connectivity index (χ1n) is 6.63. The van der Waals surface area contributed by atoms with Gasteiger partial charge in [0, 0.05) is 12.5 Å². The van der Waals surface area contributed by atoms with E-state index < -0.39 is 18.0 Å². The summed E-state index contributed by atoms with van der Waals surface area (Å²) in [5.41, 5.74) is 10.2. The minimum Gasteiger partial charge on any atom is -0.480 e. The van der Waals surface area contributed by atoms with Crippen molar-refractivity contribution in [1.29, 1.82) is 5.41 Å². The molecular weight excluding hydrogens is 294 g/mol. The Balaban J connectivity index is 0. The Bertz CT molecular complexity index is 386. The molecule has 0 fully saturated rings. The third-order valence-corrected chi connectivity index (χ3v) is 2.26. The number of nitrogens with one attached hydrogen (secondary N) is 3. The van der Waals surface area contributed by atoms with Crippen molar-refractivity contribution in [2.45, 2.75) is 32.7 Å². The van der Waals surface area contributed by atoms with E-state index in [0.717, 1.165) is 0 Å². The van der Waals surface area contributed by atoms with E-state index in [-0.39, 0.29) is 24.3 Å². The summed E-state index contributed by atoms with van der Waals surface area (Å²) in [5.74, 6) is -2.52. The van der Waals surface area contributed by atoms with Crippen LogP contribution in [-0.4, -0.2) is 53.1 Å². The van der Waals surface area contributed by atoms with Crippen molar-refractivity contribution >= 4 is 23.8 Å². The third kappa shape index (κ3) is 15.7. The zero-order chi connectivity index (χ0) is 17.7. The van der Waals surface area contributed by atoms with E-state index in [0.29, 0.717) is 19.4 Å². The summed E-state index contributed by atoms with van der Waals surface area (Å²) in [4.78, 5) is 30.8. The second kappa shape index (κ2) is 12.4. The Hall–Kier alpha value is -2.36. The van der Waals surface area contributed by atoms with Crippen LogP contribution in [0.4, 0.5) is 0 Å². The summed E-state index contributed by atoms with van der Waals surface area (Å²) >= 11 is 0. The number of hydrogen-bond acceptors (Lipinski definition) is 5. The molecule has 0 saturated carbocycles. The minimum absolute atomic E-state index is 0.112. The molecule has 0 spiro atoms. The van der Waals surface area contributed by atoms with Crippen molar-refractivity contribution < 1.29 is 24.6 Å².